The van der Waals surface area contributed by atoms with Crippen molar-refractivity contribution in [2.24, 2.45) is 10.8 Å². The van der Waals surface area contributed by atoms with Gasteiger partial charge in [0, 0.05) is 31.7 Å². The minimum Gasteiger partial charge on any atom is -0.339 e. The van der Waals surface area contributed by atoms with Crippen molar-refractivity contribution in [1.29, 1.82) is 0 Å². The Hall–Kier alpha value is -3.41. The fourth-order valence-corrected chi connectivity index (χ4v) is 6.41. The minimum absolute atomic E-state index is 0.000520. The maximum atomic E-state index is 13.2. The van der Waals surface area contributed by atoms with E-state index >= 15 is 0 Å². The SMILES string of the molecule is C#Cc1ccc(C(=O)Nc2nc3cc(CN[C@@H](C)C(C)(C)C)ccc3n2[C@H]2C[C@@]3(CCN(C(=O)C=C)C3)C2)s1. The summed E-state index contributed by atoms with van der Waals surface area (Å²) in [4.78, 5) is 33.4. The van der Waals surface area contributed by atoms with E-state index in [2.05, 4.69) is 73.6 Å². The van der Waals surface area contributed by atoms with Crippen LogP contribution >= 0.6 is 11.3 Å². The average molecular weight is 544 g/mol. The first-order chi connectivity index (χ1) is 18.5. The number of thiophene rings is 1. The number of aromatic nitrogens is 2. The number of carbonyl (C=O) groups excluding carboxylic acids is 2. The summed E-state index contributed by atoms with van der Waals surface area (Å²) in [6.07, 6.45) is 9.78. The number of terminal acetylenes is 1. The van der Waals surface area contributed by atoms with Crippen molar-refractivity contribution in [1.82, 2.24) is 19.8 Å². The summed E-state index contributed by atoms with van der Waals surface area (Å²) in [6, 6.07) is 10.5. The highest BCUT2D eigenvalue weighted by Gasteiger charge is 2.50. The predicted molar refractivity (Wildman–Crippen MR) is 158 cm³/mol. The standard InChI is InChI=1S/C31H37N5O2S/c1-7-23-10-12-26(39-23)28(38)34-29-33-24-15-21(18-32-20(3)30(4,5)6)9-11-25(24)36(29)22-16-31(17-22)13-14-35(19-31)27(37)8-2/h1,8-12,15,20,22,32H,2,13-14,16-19H2,3-6H3,(H,33,34,38)/t20-,22-,31-/m0/s1. The van der Waals surface area contributed by atoms with E-state index in [0.717, 1.165) is 60.4 Å². The first kappa shape index (κ1) is 27.2. The lowest BCUT2D eigenvalue weighted by Crippen LogP contribution is -2.42. The van der Waals surface area contributed by atoms with Crippen LogP contribution in [0.5, 0.6) is 0 Å². The Labute approximate surface area is 234 Å². The van der Waals surface area contributed by atoms with Crippen LogP contribution in [0.2, 0.25) is 0 Å². The number of imidazole rings is 1. The summed E-state index contributed by atoms with van der Waals surface area (Å²) in [5, 5.41) is 6.69. The number of nitrogens with zero attached hydrogens (tertiary/aromatic N) is 3. The number of rotatable bonds is 7. The number of hydrogen-bond acceptors (Lipinski definition) is 5. The Bertz CT molecular complexity index is 1460. The van der Waals surface area contributed by atoms with E-state index in [4.69, 9.17) is 11.4 Å². The van der Waals surface area contributed by atoms with Gasteiger partial charge in [0.15, 0.2) is 0 Å². The third kappa shape index (κ3) is 5.39. The number of hydrogen-bond donors (Lipinski definition) is 2. The van der Waals surface area contributed by atoms with E-state index in [1.165, 1.54) is 17.4 Å². The first-order valence-electron chi connectivity index (χ1n) is 13.6. The van der Waals surface area contributed by atoms with Gasteiger partial charge in [0.25, 0.3) is 5.91 Å². The van der Waals surface area contributed by atoms with Crippen LogP contribution in [0.4, 0.5) is 5.95 Å². The summed E-state index contributed by atoms with van der Waals surface area (Å²) in [6.45, 7) is 14.8. The van der Waals surface area contributed by atoms with E-state index in [1.54, 1.807) is 12.1 Å². The number of anilines is 1. The smallest absolute Gasteiger partial charge is 0.268 e. The van der Waals surface area contributed by atoms with Crippen LogP contribution in [0.25, 0.3) is 11.0 Å². The molecule has 0 unspecified atom stereocenters. The number of amides is 2. The van der Waals surface area contributed by atoms with Gasteiger partial charge in [0.1, 0.15) is 0 Å². The molecule has 204 valence electrons. The lowest BCUT2D eigenvalue weighted by atomic mass is 9.64. The second-order valence-electron chi connectivity index (χ2n) is 12.1. The average Bonchev–Trinajstić information content (AvgIpc) is 3.61. The Morgan fingerprint density at radius 3 is 2.74 bits per heavy atom. The third-order valence-electron chi connectivity index (χ3n) is 8.49. The molecule has 2 aliphatic rings. The molecule has 0 bridgehead atoms. The molecule has 5 rings (SSSR count). The molecule has 0 radical (unpaired) electrons. The highest BCUT2D eigenvalue weighted by atomic mass is 32.1. The van der Waals surface area contributed by atoms with Crippen molar-refractivity contribution < 1.29 is 9.59 Å². The molecular formula is C31H37N5O2S. The number of benzene rings is 1. The van der Waals surface area contributed by atoms with Crippen LogP contribution in [-0.4, -0.2) is 45.4 Å². The van der Waals surface area contributed by atoms with E-state index < -0.39 is 0 Å². The van der Waals surface area contributed by atoms with E-state index in [-0.39, 0.29) is 28.7 Å². The number of likely N-dealkylation sites (tertiary alicyclic amines) is 1. The molecule has 1 aliphatic carbocycles. The monoisotopic (exact) mass is 543 g/mol. The molecule has 2 N–H and O–H groups in total. The van der Waals surface area contributed by atoms with Crippen molar-refractivity contribution in [3.8, 4) is 12.3 Å². The van der Waals surface area contributed by atoms with Crippen LogP contribution in [0, 0.1) is 23.2 Å². The van der Waals surface area contributed by atoms with Crippen LogP contribution in [0.3, 0.4) is 0 Å². The molecule has 7 nitrogen and oxygen atoms in total. The lowest BCUT2D eigenvalue weighted by Gasteiger charge is -2.46. The zero-order valence-electron chi connectivity index (χ0n) is 23.2. The zero-order valence-corrected chi connectivity index (χ0v) is 24.0. The van der Waals surface area contributed by atoms with Crippen LogP contribution in [0.1, 0.15) is 73.1 Å². The van der Waals surface area contributed by atoms with E-state index in [0.29, 0.717) is 16.9 Å². The number of nitrogens with one attached hydrogen (secondary N) is 2. The molecule has 1 aliphatic heterocycles. The van der Waals surface area contributed by atoms with Crippen molar-refractivity contribution in [3.05, 3.63) is 58.3 Å². The van der Waals surface area contributed by atoms with Gasteiger partial charge in [0.2, 0.25) is 11.9 Å². The maximum Gasteiger partial charge on any atom is 0.268 e. The van der Waals surface area contributed by atoms with Gasteiger partial charge >= 0.3 is 0 Å². The Morgan fingerprint density at radius 1 is 1.31 bits per heavy atom. The first-order valence-corrected chi connectivity index (χ1v) is 14.4. The van der Waals surface area contributed by atoms with E-state index in [9.17, 15) is 9.59 Å². The Kier molecular flexibility index (Phi) is 7.17. The lowest BCUT2D eigenvalue weighted by molar-refractivity contribution is -0.125. The summed E-state index contributed by atoms with van der Waals surface area (Å²) < 4.78 is 2.18. The Balaban J connectivity index is 1.41. The molecule has 1 atom stereocenters. The van der Waals surface area contributed by atoms with Crippen molar-refractivity contribution in [2.45, 2.75) is 65.6 Å². The molecule has 2 fully saturated rings. The highest BCUT2D eigenvalue weighted by molar-refractivity contribution is 7.14. The summed E-state index contributed by atoms with van der Waals surface area (Å²) in [7, 11) is 0. The van der Waals surface area contributed by atoms with Gasteiger partial charge in [-0.15, -0.1) is 17.8 Å². The van der Waals surface area contributed by atoms with Gasteiger partial charge < -0.3 is 14.8 Å². The molecule has 1 aromatic carbocycles. The quantitative estimate of drug-likeness (QED) is 0.301. The van der Waals surface area contributed by atoms with Gasteiger partial charge in [-0.2, -0.15) is 0 Å². The largest absolute Gasteiger partial charge is 0.339 e. The highest BCUT2D eigenvalue weighted by Crippen LogP contribution is 2.55. The van der Waals surface area contributed by atoms with Crippen LogP contribution in [0.15, 0.2) is 43.0 Å². The molecule has 1 spiro atoms. The zero-order chi connectivity index (χ0) is 27.9. The second-order valence-corrected chi connectivity index (χ2v) is 13.2. The minimum atomic E-state index is -0.211. The molecular weight excluding hydrogens is 506 g/mol. The Morgan fingerprint density at radius 2 is 2.08 bits per heavy atom. The third-order valence-corrected chi connectivity index (χ3v) is 9.50. The maximum absolute atomic E-state index is 13.2. The molecule has 1 saturated heterocycles. The van der Waals surface area contributed by atoms with Crippen LogP contribution in [-0.2, 0) is 11.3 Å². The molecule has 2 aromatic heterocycles. The molecule has 39 heavy (non-hydrogen) atoms. The molecule has 3 aromatic rings. The summed E-state index contributed by atoms with van der Waals surface area (Å²) >= 11 is 1.30. The van der Waals surface area contributed by atoms with Crippen LogP contribution < -0.4 is 10.6 Å². The molecule has 3 heterocycles. The van der Waals surface area contributed by atoms with Gasteiger partial charge in [-0.25, -0.2) is 4.98 Å². The predicted octanol–water partition coefficient (Wildman–Crippen LogP) is 5.60. The van der Waals surface area contributed by atoms with Gasteiger partial charge in [0.05, 0.1) is 20.8 Å². The second kappa shape index (κ2) is 10.3. The summed E-state index contributed by atoms with van der Waals surface area (Å²) in [5.74, 6) is 2.93. The van der Waals surface area contributed by atoms with Crippen molar-refractivity contribution in [2.75, 3.05) is 18.4 Å². The molecule has 8 heteroatoms. The van der Waals surface area contributed by atoms with Crippen molar-refractivity contribution >= 4 is 40.1 Å². The van der Waals surface area contributed by atoms with Gasteiger partial charge in [-0.3, -0.25) is 14.9 Å². The van der Waals surface area contributed by atoms with E-state index in [1.807, 2.05) is 4.90 Å². The molecule has 2 amide bonds. The van der Waals surface area contributed by atoms with Gasteiger partial charge in [-0.05, 0) is 72.9 Å². The normalized spacial score (nSPS) is 21.5. The fraction of sp³-hybridized carbons (Fsp3) is 0.452. The van der Waals surface area contributed by atoms with Gasteiger partial charge in [-0.1, -0.05) is 39.3 Å². The fourth-order valence-electron chi connectivity index (χ4n) is 5.70. The van der Waals surface area contributed by atoms with Crippen molar-refractivity contribution in [3.63, 3.8) is 0 Å². The number of fused-ring (bicyclic) bond motifs is 1. The topological polar surface area (TPSA) is 79.3 Å². The molecule has 1 saturated carbocycles. The number of carbonyl (C=O) groups is 2. The summed E-state index contributed by atoms with van der Waals surface area (Å²) in [5.41, 5.74) is 3.29.